The fourth-order valence-electron chi connectivity index (χ4n) is 4.13. The summed E-state index contributed by atoms with van der Waals surface area (Å²) in [5, 5.41) is 25.0. The molecule has 8 nitrogen and oxygen atoms in total. The summed E-state index contributed by atoms with van der Waals surface area (Å²) < 4.78 is 0. The average Bonchev–Trinajstić information content (AvgIpc) is 2.89. The molecule has 0 aromatic carbocycles. The first-order valence-corrected chi connectivity index (χ1v) is 13.8. The number of allylic oxidation sites excluding steroid dienone is 10. The zero-order valence-corrected chi connectivity index (χ0v) is 22.8. The molecule has 0 aliphatic carbocycles. The number of aliphatic hydroxyl groups is 2. The molecule has 2 rings (SSSR count). The van der Waals surface area contributed by atoms with Crippen LogP contribution in [0, 0.1) is 11.8 Å². The molecule has 1 unspecified atom stereocenters. The van der Waals surface area contributed by atoms with E-state index in [-0.39, 0.29) is 30.2 Å². The Hall–Kier alpha value is -3.10. The molecular weight excluding hydrogens is 480 g/mol. The van der Waals surface area contributed by atoms with Gasteiger partial charge in [-0.15, -0.1) is 0 Å². The number of nitrogens with zero attached hydrogens (tertiary/aromatic N) is 2. The predicted molar refractivity (Wildman–Crippen MR) is 154 cm³/mol. The topological polar surface area (TPSA) is 123 Å². The van der Waals surface area contributed by atoms with Crippen molar-refractivity contribution < 1.29 is 19.8 Å². The van der Waals surface area contributed by atoms with Gasteiger partial charge in [-0.05, 0) is 58.3 Å². The van der Waals surface area contributed by atoms with Gasteiger partial charge >= 0.3 is 0 Å². The Balaban J connectivity index is 1.59. The minimum absolute atomic E-state index is 0.0967. The van der Waals surface area contributed by atoms with Crippen LogP contribution in [0.2, 0.25) is 0 Å². The van der Waals surface area contributed by atoms with Crippen molar-refractivity contribution in [2.24, 2.45) is 21.8 Å². The molecule has 8 heteroatoms. The lowest BCUT2D eigenvalue weighted by Gasteiger charge is -2.32. The van der Waals surface area contributed by atoms with E-state index in [0.29, 0.717) is 25.1 Å². The van der Waals surface area contributed by atoms with Gasteiger partial charge in [0, 0.05) is 18.9 Å². The molecule has 0 saturated carbocycles. The summed E-state index contributed by atoms with van der Waals surface area (Å²) in [4.78, 5) is 33.4. The number of rotatable bonds is 15. The first kappa shape index (κ1) is 31.1. The number of amidine groups is 1. The normalized spacial score (nSPS) is 21.7. The minimum Gasteiger partial charge on any atom is -0.391 e. The van der Waals surface area contributed by atoms with Crippen LogP contribution in [-0.2, 0) is 9.59 Å². The van der Waals surface area contributed by atoms with Gasteiger partial charge in [-0.2, -0.15) is 4.99 Å². The highest BCUT2D eigenvalue weighted by Gasteiger charge is 2.38. The third-order valence-corrected chi connectivity index (χ3v) is 6.29. The van der Waals surface area contributed by atoms with Crippen molar-refractivity contribution in [1.82, 2.24) is 10.6 Å². The molecule has 2 heterocycles. The summed E-state index contributed by atoms with van der Waals surface area (Å²) in [6, 6.07) is 0. The zero-order valence-electron chi connectivity index (χ0n) is 22.8. The van der Waals surface area contributed by atoms with Gasteiger partial charge in [-0.25, -0.2) is 0 Å². The fourth-order valence-corrected chi connectivity index (χ4v) is 4.13. The van der Waals surface area contributed by atoms with E-state index in [0.717, 1.165) is 38.5 Å². The van der Waals surface area contributed by atoms with Gasteiger partial charge in [0.2, 0.25) is 17.8 Å². The van der Waals surface area contributed by atoms with Crippen molar-refractivity contribution in [2.45, 2.75) is 83.8 Å². The first-order chi connectivity index (χ1) is 18.4. The Morgan fingerprint density at radius 3 is 2.16 bits per heavy atom. The van der Waals surface area contributed by atoms with Crippen LogP contribution >= 0.6 is 0 Å². The lowest BCUT2D eigenvalue weighted by molar-refractivity contribution is -0.123. The van der Waals surface area contributed by atoms with Crippen LogP contribution in [0.1, 0.15) is 71.6 Å². The molecule has 4 N–H and O–H groups in total. The molecule has 0 aromatic rings. The number of fused-ring (bicyclic) bond motifs is 1. The van der Waals surface area contributed by atoms with Crippen molar-refractivity contribution in [2.75, 3.05) is 6.54 Å². The van der Waals surface area contributed by atoms with Crippen LogP contribution in [0.25, 0.3) is 0 Å². The number of carbonyl (C=O) groups excluding carboxylic acids is 2. The predicted octanol–water partition coefficient (Wildman–Crippen LogP) is 4.29. The first-order valence-electron chi connectivity index (χ1n) is 13.8. The second-order valence-electron chi connectivity index (χ2n) is 9.58. The smallest absolute Gasteiger partial charge is 0.237 e. The Morgan fingerprint density at radius 2 is 1.58 bits per heavy atom. The molecular formula is C30H44N4O4. The van der Waals surface area contributed by atoms with Crippen LogP contribution in [0.15, 0.2) is 70.7 Å². The van der Waals surface area contributed by atoms with Crippen molar-refractivity contribution in [1.29, 1.82) is 0 Å². The highest BCUT2D eigenvalue weighted by atomic mass is 16.3. The molecule has 38 heavy (non-hydrogen) atoms. The highest BCUT2D eigenvalue weighted by molar-refractivity contribution is 6.19. The minimum atomic E-state index is -0.943. The molecule has 2 amide bonds. The fraction of sp³-hybridized carbons (Fsp3) is 0.533. The van der Waals surface area contributed by atoms with Crippen molar-refractivity contribution >= 4 is 23.6 Å². The molecule has 0 saturated heterocycles. The van der Waals surface area contributed by atoms with Crippen molar-refractivity contribution in [3.8, 4) is 0 Å². The zero-order chi connectivity index (χ0) is 27.6. The number of hydrogen-bond acceptors (Lipinski definition) is 6. The molecule has 0 spiro atoms. The van der Waals surface area contributed by atoms with E-state index in [2.05, 4.69) is 88.3 Å². The second-order valence-corrected chi connectivity index (χ2v) is 9.58. The van der Waals surface area contributed by atoms with E-state index in [1.165, 1.54) is 6.92 Å². The van der Waals surface area contributed by atoms with Gasteiger partial charge in [0.1, 0.15) is 5.84 Å². The van der Waals surface area contributed by atoms with Gasteiger partial charge < -0.3 is 10.2 Å². The Labute approximate surface area is 227 Å². The molecule has 0 aromatic heterocycles. The molecule has 208 valence electrons. The number of nitrogens with one attached hydrogen (secondary N) is 2. The summed E-state index contributed by atoms with van der Waals surface area (Å²) in [5.41, 5.74) is 0. The SMILES string of the molecule is CC/C=C\C/C=C\C/C=C\C/C=C\C/C=C\CCCC(=O)NC1=NC2=NC[C@H]([C@@H](O)[C@H](C)O)CC2C(=O)N1. The van der Waals surface area contributed by atoms with Gasteiger partial charge in [-0.3, -0.25) is 25.2 Å². The van der Waals surface area contributed by atoms with Crippen LogP contribution in [-0.4, -0.2) is 52.6 Å². The number of guanidine groups is 1. The van der Waals surface area contributed by atoms with Gasteiger partial charge in [-0.1, -0.05) is 67.7 Å². The van der Waals surface area contributed by atoms with E-state index in [1.54, 1.807) is 0 Å². The van der Waals surface area contributed by atoms with E-state index < -0.39 is 18.1 Å². The van der Waals surface area contributed by atoms with Gasteiger partial charge in [0.25, 0.3) is 0 Å². The maximum atomic E-state index is 12.5. The summed E-state index contributed by atoms with van der Waals surface area (Å²) >= 11 is 0. The number of hydrogen-bond donors (Lipinski definition) is 4. The van der Waals surface area contributed by atoms with Crippen LogP contribution in [0.4, 0.5) is 0 Å². The summed E-state index contributed by atoms with van der Waals surface area (Å²) in [5.74, 6) is -0.963. The van der Waals surface area contributed by atoms with Gasteiger partial charge in [0.05, 0.1) is 18.1 Å². The molecule has 0 radical (unpaired) electrons. The molecule has 2 aliphatic heterocycles. The highest BCUT2D eigenvalue weighted by Crippen LogP contribution is 2.26. The number of aliphatic imine (C=N–C) groups is 2. The number of carbonyl (C=O) groups is 2. The summed E-state index contributed by atoms with van der Waals surface area (Å²) in [7, 11) is 0. The van der Waals surface area contributed by atoms with E-state index >= 15 is 0 Å². The number of amides is 2. The van der Waals surface area contributed by atoms with E-state index in [9.17, 15) is 19.8 Å². The third kappa shape index (κ3) is 12.0. The Morgan fingerprint density at radius 1 is 1.00 bits per heavy atom. The van der Waals surface area contributed by atoms with Crippen LogP contribution < -0.4 is 10.6 Å². The van der Waals surface area contributed by atoms with Crippen molar-refractivity contribution in [3.05, 3.63) is 60.8 Å². The second kappa shape index (κ2) is 18.2. The summed E-state index contributed by atoms with van der Waals surface area (Å²) in [6.45, 7) is 3.93. The summed E-state index contributed by atoms with van der Waals surface area (Å²) in [6.07, 6.45) is 26.7. The van der Waals surface area contributed by atoms with Crippen LogP contribution in [0.5, 0.6) is 0 Å². The number of unbranched alkanes of at least 4 members (excludes halogenated alkanes) is 1. The molecule has 0 fully saturated rings. The largest absolute Gasteiger partial charge is 0.391 e. The molecule has 2 aliphatic rings. The lowest BCUT2D eigenvalue weighted by Crippen LogP contribution is -2.53. The maximum Gasteiger partial charge on any atom is 0.237 e. The maximum absolute atomic E-state index is 12.5. The monoisotopic (exact) mass is 524 g/mol. The number of aliphatic hydroxyl groups excluding tert-OH is 2. The quantitative estimate of drug-likeness (QED) is 0.188. The van der Waals surface area contributed by atoms with Crippen LogP contribution in [0.3, 0.4) is 0 Å². The van der Waals surface area contributed by atoms with E-state index in [1.807, 2.05) is 0 Å². The lowest BCUT2D eigenvalue weighted by atomic mass is 9.84. The Bertz CT molecular complexity index is 959. The van der Waals surface area contributed by atoms with E-state index in [4.69, 9.17) is 0 Å². The van der Waals surface area contributed by atoms with Crippen molar-refractivity contribution in [3.63, 3.8) is 0 Å². The third-order valence-electron chi connectivity index (χ3n) is 6.29. The Kier molecular flexibility index (Phi) is 14.9. The average molecular weight is 525 g/mol. The molecule has 4 atom stereocenters. The molecule has 0 bridgehead atoms. The van der Waals surface area contributed by atoms with Gasteiger partial charge in [0.15, 0.2) is 0 Å². The standard InChI is InChI=1S/C30H44N4O4/c1-3-4-5-6-7-8-9-10-11-12-13-14-15-16-17-18-19-20-26(36)32-30-33-28-25(29(38)34-30)21-24(22-31-28)27(37)23(2)35/h4-5,7-8,10-11,13-14,16-17,23-25,27,35,37H,3,6,9,12,15,18-22H2,1-2H3,(H2,31,32,33,34,36,38)/b5-4-,8-7-,11-10-,14-13-,17-16-/t23-,24+,25?,27-/m0/s1.